The van der Waals surface area contributed by atoms with Crippen molar-refractivity contribution in [3.63, 3.8) is 0 Å². The summed E-state index contributed by atoms with van der Waals surface area (Å²) >= 11 is 0. The summed E-state index contributed by atoms with van der Waals surface area (Å²) in [4.78, 5) is 26.6. The van der Waals surface area contributed by atoms with Crippen LogP contribution in [0.15, 0.2) is 29.1 Å². The summed E-state index contributed by atoms with van der Waals surface area (Å²) in [5.74, 6) is 0.147. The van der Waals surface area contributed by atoms with Gasteiger partial charge in [0.05, 0.1) is 22.3 Å². The molecule has 124 valence electrons. The van der Waals surface area contributed by atoms with Crippen LogP contribution in [-0.4, -0.2) is 33.6 Å². The summed E-state index contributed by atoms with van der Waals surface area (Å²) in [6, 6.07) is 7.20. The monoisotopic (exact) mass is 325 g/mol. The van der Waals surface area contributed by atoms with E-state index in [1.807, 2.05) is 22.7 Å². The molecule has 1 saturated heterocycles. The third-order valence-electron chi connectivity index (χ3n) is 4.53. The number of nitrogens with zero attached hydrogens (tertiary/aromatic N) is 2. The number of rotatable bonds is 2. The van der Waals surface area contributed by atoms with Gasteiger partial charge in [0.2, 0.25) is 5.91 Å². The highest BCUT2D eigenvalue weighted by Crippen LogP contribution is 2.30. The number of amides is 1. The van der Waals surface area contributed by atoms with E-state index in [4.69, 9.17) is 0 Å². The number of carbonyl (C=O) groups excluding carboxylic acids is 1. The molecule has 0 bridgehead atoms. The van der Waals surface area contributed by atoms with Crippen molar-refractivity contribution in [1.29, 1.82) is 0 Å². The highest BCUT2D eigenvalue weighted by Gasteiger charge is 2.21. The minimum absolute atomic E-state index is 0.143. The summed E-state index contributed by atoms with van der Waals surface area (Å²) in [6.45, 7) is 3.35. The van der Waals surface area contributed by atoms with Crippen LogP contribution in [0.25, 0.3) is 16.6 Å². The molecule has 1 aliphatic rings. The lowest BCUT2D eigenvalue weighted by Crippen LogP contribution is -2.28. The highest BCUT2D eigenvalue weighted by molar-refractivity contribution is 6.06. The van der Waals surface area contributed by atoms with Crippen LogP contribution >= 0.6 is 0 Å². The van der Waals surface area contributed by atoms with Gasteiger partial charge in [0.1, 0.15) is 5.65 Å². The lowest BCUT2D eigenvalue weighted by molar-refractivity contribution is -0.114. The Bertz CT molecular complexity index is 982. The second kappa shape index (κ2) is 5.76. The van der Waals surface area contributed by atoms with Crippen molar-refractivity contribution in [2.45, 2.75) is 25.7 Å². The Morgan fingerprint density at radius 1 is 1.33 bits per heavy atom. The molecule has 0 atom stereocenters. The molecule has 1 fully saturated rings. The van der Waals surface area contributed by atoms with Gasteiger partial charge in [-0.15, -0.1) is 0 Å². The van der Waals surface area contributed by atoms with Crippen molar-refractivity contribution in [2.24, 2.45) is 0 Å². The molecule has 0 spiro atoms. The zero-order valence-electron chi connectivity index (χ0n) is 13.4. The van der Waals surface area contributed by atoms with Crippen LogP contribution in [0, 0.1) is 0 Å². The van der Waals surface area contributed by atoms with Crippen LogP contribution < -0.4 is 16.2 Å². The molecule has 7 nitrogen and oxygen atoms in total. The largest absolute Gasteiger partial charge is 0.326 e. The summed E-state index contributed by atoms with van der Waals surface area (Å²) in [7, 11) is 0. The molecular weight excluding hydrogens is 306 g/mol. The zero-order valence-corrected chi connectivity index (χ0v) is 13.4. The lowest BCUT2D eigenvalue weighted by atomic mass is 9.94. The van der Waals surface area contributed by atoms with Crippen molar-refractivity contribution >= 4 is 28.1 Å². The van der Waals surface area contributed by atoms with E-state index >= 15 is 0 Å². The number of hydrogen-bond acceptors (Lipinski definition) is 4. The third-order valence-corrected chi connectivity index (χ3v) is 4.53. The number of carbonyl (C=O) groups is 1. The number of aromatic nitrogens is 3. The SMILES string of the molecule is CC(=O)Nc1cccc2nn3c(C4CCNCC4)cc(=O)[nH]c3c12. The zero-order chi connectivity index (χ0) is 16.7. The Hall–Kier alpha value is -2.67. The number of aromatic amines is 1. The first-order valence-electron chi connectivity index (χ1n) is 8.16. The van der Waals surface area contributed by atoms with Gasteiger partial charge < -0.3 is 15.6 Å². The molecule has 7 heteroatoms. The number of nitrogens with one attached hydrogen (secondary N) is 3. The molecule has 0 radical (unpaired) electrons. The van der Waals surface area contributed by atoms with Crippen molar-refractivity contribution in [3.05, 3.63) is 40.3 Å². The predicted molar refractivity (Wildman–Crippen MR) is 92.5 cm³/mol. The summed E-state index contributed by atoms with van der Waals surface area (Å²) in [6.07, 6.45) is 1.96. The Morgan fingerprint density at radius 2 is 2.12 bits per heavy atom. The van der Waals surface area contributed by atoms with E-state index in [1.54, 1.807) is 6.07 Å². The number of H-pyrrole nitrogens is 1. The maximum atomic E-state index is 12.2. The topological polar surface area (TPSA) is 91.3 Å². The maximum absolute atomic E-state index is 12.2. The Labute approximate surface area is 138 Å². The van der Waals surface area contributed by atoms with E-state index in [-0.39, 0.29) is 11.5 Å². The first-order chi connectivity index (χ1) is 11.6. The molecule has 1 aliphatic heterocycles. The van der Waals surface area contributed by atoms with Crippen LogP contribution in [-0.2, 0) is 4.79 Å². The Balaban J connectivity index is 1.99. The molecule has 1 amide bonds. The smallest absolute Gasteiger partial charge is 0.251 e. The number of piperidine rings is 1. The van der Waals surface area contributed by atoms with Gasteiger partial charge in [-0.25, -0.2) is 4.52 Å². The molecule has 3 aromatic rings. The lowest BCUT2D eigenvalue weighted by Gasteiger charge is -2.23. The first-order valence-corrected chi connectivity index (χ1v) is 8.16. The van der Waals surface area contributed by atoms with Crippen LogP contribution in [0.4, 0.5) is 5.69 Å². The average molecular weight is 325 g/mol. The van der Waals surface area contributed by atoms with Gasteiger partial charge in [0.15, 0.2) is 0 Å². The second-order valence-electron chi connectivity index (χ2n) is 6.22. The fraction of sp³-hybridized carbons (Fsp3) is 0.353. The number of fused-ring (bicyclic) bond motifs is 3. The van der Waals surface area contributed by atoms with E-state index in [1.165, 1.54) is 6.92 Å². The second-order valence-corrected chi connectivity index (χ2v) is 6.22. The van der Waals surface area contributed by atoms with Crippen LogP contribution in [0.1, 0.15) is 31.4 Å². The molecule has 1 aromatic carbocycles. The van der Waals surface area contributed by atoms with E-state index < -0.39 is 0 Å². The average Bonchev–Trinajstić information content (AvgIpc) is 2.94. The van der Waals surface area contributed by atoms with Gasteiger partial charge >= 0.3 is 0 Å². The fourth-order valence-electron chi connectivity index (χ4n) is 3.49. The number of anilines is 1. The van der Waals surface area contributed by atoms with Crippen molar-refractivity contribution < 1.29 is 4.79 Å². The summed E-state index contributed by atoms with van der Waals surface area (Å²) in [5, 5.41) is 11.6. The van der Waals surface area contributed by atoms with E-state index in [9.17, 15) is 9.59 Å². The minimum Gasteiger partial charge on any atom is -0.326 e. The molecule has 2 aromatic heterocycles. The standard InChI is InChI=1S/C17H19N5O2/c1-10(23)19-12-3-2-4-13-16(12)17-20-15(24)9-14(22(17)21-13)11-5-7-18-8-6-11/h2-4,9,11,18H,5-8H2,1H3,(H,19,23)(H,20,24). The molecule has 4 rings (SSSR count). The van der Waals surface area contributed by atoms with Crippen LogP contribution in [0.2, 0.25) is 0 Å². The van der Waals surface area contributed by atoms with Crippen LogP contribution in [0.3, 0.4) is 0 Å². The van der Waals surface area contributed by atoms with Gasteiger partial charge in [-0.3, -0.25) is 9.59 Å². The number of benzene rings is 1. The van der Waals surface area contributed by atoms with Crippen molar-refractivity contribution in [3.8, 4) is 0 Å². The Kier molecular flexibility index (Phi) is 3.57. The molecule has 3 heterocycles. The van der Waals surface area contributed by atoms with E-state index in [0.717, 1.165) is 42.5 Å². The summed E-state index contributed by atoms with van der Waals surface area (Å²) < 4.78 is 1.83. The Morgan fingerprint density at radius 3 is 2.88 bits per heavy atom. The van der Waals surface area contributed by atoms with Crippen LogP contribution in [0.5, 0.6) is 0 Å². The predicted octanol–water partition coefficient (Wildman–Crippen LogP) is 1.60. The first kappa shape index (κ1) is 14.9. The van der Waals surface area contributed by atoms with Crippen molar-refractivity contribution in [1.82, 2.24) is 19.9 Å². The van der Waals surface area contributed by atoms with Crippen molar-refractivity contribution in [2.75, 3.05) is 18.4 Å². The van der Waals surface area contributed by atoms with Gasteiger partial charge in [-0.2, -0.15) is 5.10 Å². The molecule has 3 N–H and O–H groups in total. The molecule has 0 aliphatic carbocycles. The van der Waals surface area contributed by atoms with E-state index in [0.29, 0.717) is 17.3 Å². The highest BCUT2D eigenvalue weighted by atomic mass is 16.1. The van der Waals surface area contributed by atoms with Gasteiger partial charge in [-0.1, -0.05) is 6.07 Å². The van der Waals surface area contributed by atoms with Gasteiger partial charge in [0.25, 0.3) is 5.56 Å². The summed E-state index contributed by atoms with van der Waals surface area (Å²) in [5.41, 5.74) is 2.83. The molecule has 0 saturated carbocycles. The maximum Gasteiger partial charge on any atom is 0.251 e. The van der Waals surface area contributed by atoms with Gasteiger partial charge in [0, 0.05) is 18.9 Å². The normalized spacial score (nSPS) is 15.9. The minimum atomic E-state index is -0.154. The molecule has 24 heavy (non-hydrogen) atoms. The number of hydrogen-bond donors (Lipinski definition) is 3. The molecule has 0 unspecified atom stereocenters. The molecular formula is C17H19N5O2. The van der Waals surface area contributed by atoms with Gasteiger partial charge in [-0.05, 0) is 38.1 Å². The van der Waals surface area contributed by atoms with E-state index in [2.05, 4.69) is 20.7 Å². The third kappa shape index (κ3) is 2.46. The quantitative estimate of drug-likeness (QED) is 0.667. The fourth-order valence-corrected chi connectivity index (χ4v) is 3.49.